The number of amides is 1. The molecule has 15 heavy (non-hydrogen) atoms. The van der Waals surface area contributed by atoms with Gasteiger partial charge in [-0.25, -0.2) is 0 Å². The first-order chi connectivity index (χ1) is 7.24. The fraction of sp³-hybridized carbons (Fsp3) is 0.455. The van der Waals surface area contributed by atoms with E-state index in [0.29, 0.717) is 13.0 Å². The van der Waals surface area contributed by atoms with Crippen molar-refractivity contribution in [3.63, 3.8) is 0 Å². The average Bonchev–Trinajstić information content (AvgIpc) is 2.56. The van der Waals surface area contributed by atoms with E-state index in [1.807, 2.05) is 19.2 Å². The summed E-state index contributed by atoms with van der Waals surface area (Å²) in [6, 6.07) is 4.01. The zero-order valence-corrected chi connectivity index (χ0v) is 8.76. The summed E-state index contributed by atoms with van der Waals surface area (Å²) in [5.41, 5.74) is 6.81. The zero-order chi connectivity index (χ0) is 10.8. The molecule has 1 aromatic heterocycles. The summed E-state index contributed by atoms with van der Waals surface area (Å²) in [6.07, 6.45) is 4.05. The Kier molecular flexibility index (Phi) is 2.68. The molecule has 2 rings (SSSR count). The van der Waals surface area contributed by atoms with Crippen molar-refractivity contribution in [3.8, 4) is 0 Å². The smallest absolute Gasteiger partial charge is 0.223 e. The van der Waals surface area contributed by atoms with Gasteiger partial charge in [-0.05, 0) is 24.2 Å². The Morgan fingerprint density at radius 2 is 2.20 bits per heavy atom. The second kappa shape index (κ2) is 3.98. The van der Waals surface area contributed by atoms with Crippen molar-refractivity contribution in [1.82, 2.24) is 9.88 Å². The first-order valence-corrected chi connectivity index (χ1v) is 5.09. The summed E-state index contributed by atoms with van der Waals surface area (Å²) in [6.45, 7) is 0.545. The molecule has 1 saturated heterocycles. The molecule has 2 N–H and O–H groups in total. The van der Waals surface area contributed by atoms with Crippen LogP contribution in [-0.4, -0.2) is 29.4 Å². The molecular weight excluding hydrogens is 190 g/mol. The Balaban J connectivity index is 2.30. The molecule has 0 aromatic carbocycles. The maximum absolute atomic E-state index is 11.6. The van der Waals surface area contributed by atoms with E-state index in [0.717, 1.165) is 5.56 Å². The lowest BCUT2D eigenvalue weighted by Crippen LogP contribution is -2.26. The van der Waals surface area contributed by atoms with Gasteiger partial charge in [0.05, 0.1) is 6.04 Å². The molecule has 1 amide bonds. The van der Waals surface area contributed by atoms with E-state index < -0.39 is 0 Å². The first kappa shape index (κ1) is 10.1. The second-order valence-electron chi connectivity index (χ2n) is 3.93. The third-order valence-electron chi connectivity index (χ3n) is 3.04. The number of aromatic nitrogens is 1. The predicted octanol–water partition coefficient (Wildman–Crippen LogP) is 0.560. The number of pyridine rings is 1. The molecule has 1 fully saturated rings. The van der Waals surface area contributed by atoms with Crippen LogP contribution in [0.1, 0.15) is 18.0 Å². The van der Waals surface area contributed by atoms with Crippen LogP contribution < -0.4 is 5.73 Å². The summed E-state index contributed by atoms with van der Waals surface area (Å²) in [7, 11) is 1.84. The van der Waals surface area contributed by atoms with E-state index in [-0.39, 0.29) is 17.9 Å². The number of carbonyl (C=O) groups excluding carboxylic acids is 1. The zero-order valence-electron chi connectivity index (χ0n) is 8.76. The Morgan fingerprint density at radius 3 is 2.80 bits per heavy atom. The summed E-state index contributed by atoms with van der Waals surface area (Å²) in [5, 5.41) is 0. The third kappa shape index (κ3) is 1.72. The van der Waals surface area contributed by atoms with Crippen molar-refractivity contribution in [1.29, 1.82) is 0 Å². The van der Waals surface area contributed by atoms with Gasteiger partial charge in [0, 0.05) is 31.8 Å². The molecule has 4 heteroatoms. The molecule has 0 aliphatic carbocycles. The monoisotopic (exact) mass is 205 g/mol. The number of carbonyl (C=O) groups is 1. The summed E-state index contributed by atoms with van der Waals surface area (Å²) in [5.74, 6) is 0.400. The molecule has 1 aliphatic heterocycles. The topological polar surface area (TPSA) is 59.2 Å². The van der Waals surface area contributed by atoms with Crippen molar-refractivity contribution in [2.24, 2.45) is 11.7 Å². The largest absolute Gasteiger partial charge is 0.338 e. The normalized spacial score (nSPS) is 26.0. The first-order valence-electron chi connectivity index (χ1n) is 5.09. The number of likely N-dealkylation sites (tertiary alicyclic amines) is 1. The SMILES string of the molecule is CN1C(=O)C[C@H](CN)[C@@H]1c1ccncc1. The Hall–Kier alpha value is -1.42. The number of rotatable bonds is 2. The number of hydrogen-bond acceptors (Lipinski definition) is 3. The molecule has 1 aromatic rings. The van der Waals surface area contributed by atoms with Crippen molar-refractivity contribution >= 4 is 5.91 Å². The molecule has 0 saturated carbocycles. The van der Waals surface area contributed by atoms with Crippen LogP contribution in [-0.2, 0) is 4.79 Å². The van der Waals surface area contributed by atoms with Gasteiger partial charge in [-0.1, -0.05) is 0 Å². The fourth-order valence-corrected chi connectivity index (χ4v) is 2.22. The second-order valence-corrected chi connectivity index (χ2v) is 3.93. The van der Waals surface area contributed by atoms with E-state index in [4.69, 9.17) is 5.73 Å². The molecule has 80 valence electrons. The van der Waals surface area contributed by atoms with Crippen LogP contribution in [0.25, 0.3) is 0 Å². The molecule has 1 aliphatic rings. The highest BCUT2D eigenvalue weighted by molar-refractivity contribution is 5.79. The van der Waals surface area contributed by atoms with Crippen LogP contribution in [0.5, 0.6) is 0 Å². The van der Waals surface area contributed by atoms with Crippen LogP contribution in [0.4, 0.5) is 0 Å². The van der Waals surface area contributed by atoms with Crippen molar-refractivity contribution in [2.45, 2.75) is 12.5 Å². The van der Waals surface area contributed by atoms with Gasteiger partial charge >= 0.3 is 0 Å². The highest BCUT2D eigenvalue weighted by Crippen LogP contribution is 2.35. The van der Waals surface area contributed by atoms with Crippen LogP contribution in [0.15, 0.2) is 24.5 Å². The van der Waals surface area contributed by atoms with Crippen molar-refractivity contribution in [2.75, 3.05) is 13.6 Å². The minimum atomic E-state index is 0.116. The molecule has 2 atom stereocenters. The summed E-state index contributed by atoms with van der Waals surface area (Å²) >= 11 is 0. The predicted molar refractivity (Wildman–Crippen MR) is 56.9 cm³/mol. The molecule has 2 heterocycles. The van der Waals surface area contributed by atoms with E-state index >= 15 is 0 Å². The lowest BCUT2D eigenvalue weighted by atomic mass is 9.95. The van der Waals surface area contributed by atoms with E-state index in [1.54, 1.807) is 17.3 Å². The Bertz CT molecular complexity index is 352. The van der Waals surface area contributed by atoms with Crippen molar-refractivity contribution in [3.05, 3.63) is 30.1 Å². The lowest BCUT2D eigenvalue weighted by molar-refractivity contribution is -0.127. The van der Waals surface area contributed by atoms with Gasteiger partial charge in [0.15, 0.2) is 0 Å². The maximum atomic E-state index is 11.6. The molecule has 0 spiro atoms. The van der Waals surface area contributed by atoms with Crippen molar-refractivity contribution < 1.29 is 4.79 Å². The Labute approximate surface area is 89.1 Å². The minimum absolute atomic E-state index is 0.116. The highest BCUT2D eigenvalue weighted by atomic mass is 16.2. The quantitative estimate of drug-likeness (QED) is 0.767. The molecule has 0 bridgehead atoms. The van der Waals surface area contributed by atoms with Crippen LogP contribution in [0.2, 0.25) is 0 Å². The highest BCUT2D eigenvalue weighted by Gasteiger charge is 2.37. The summed E-state index contributed by atoms with van der Waals surface area (Å²) in [4.78, 5) is 17.3. The average molecular weight is 205 g/mol. The number of hydrogen-bond donors (Lipinski definition) is 1. The van der Waals surface area contributed by atoms with E-state index in [1.165, 1.54) is 0 Å². The maximum Gasteiger partial charge on any atom is 0.223 e. The van der Waals surface area contributed by atoms with Gasteiger partial charge in [-0.15, -0.1) is 0 Å². The molecular formula is C11H15N3O. The van der Waals surface area contributed by atoms with Gasteiger partial charge in [0.2, 0.25) is 5.91 Å². The third-order valence-corrected chi connectivity index (χ3v) is 3.04. The van der Waals surface area contributed by atoms with Gasteiger partial charge in [0.1, 0.15) is 0 Å². The lowest BCUT2D eigenvalue weighted by Gasteiger charge is -2.24. The summed E-state index contributed by atoms with van der Waals surface area (Å²) < 4.78 is 0. The molecule has 4 nitrogen and oxygen atoms in total. The fourth-order valence-electron chi connectivity index (χ4n) is 2.22. The van der Waals surface area contributed by atoms with E-state index in [9.17, 15) is 4.79 Å². The van der Waals surface area contributed by atoms with Gasteiger partial charge in [0.25, 0.3) is 0 Å². The van der Waals surface area contributed by atoms with Gasteiger partial charge < -0.3 is 10.6 Å². The van der Waals surface area contributed by atoms with Gasteiger partial charge in [-0.3, -0.25) is 9.78 Å². The van der Waals surface area contributed by atoms with Gasteiger partial charge in [-0.2, -0.15) is 0 Å². The number of nitrogens with two attached hydrogens (primary N) is 1. The minimum Gasteiger partial charge on any atom is -0.338 e. The van der Waals surface area contributed by atoms with Crippen LogP contribution in [0.3, 0.4) is 0 Å². The standard InChI is InChI=1S/C11H15N3O/c1-14-10(15)6-9(7-12)11(14)8-2-4-13-5-3-8/h2-5,9,11H,6-7,12H2,1H3/t9-,11+/m1/s1. The van der Waals surface area contributed by atoms with E-state index in [2.05, 4.69) is 4.98 Å². The number of nitrogens with zero attached hydrogens (tertiary/aromatic N) is 2. The van der Waals surface area contributed by atoms with Crippen LogP contribution in [0, 0.1) is 5.92 Å². The molecule has 0 radical (unpaired) electrons. The molecule has 0 unspecified atom stereocenters. The Morgan fingerprint density at radius 1 is 1.53 bits per heavy atom. The van der Waals surface area contributed by atoms with Crippen LogP contribution >= 0.6 is 0 Å².